The van der Waals surface area contributed by atoms with E-state index in [1.165, 1.54) is 5.01 Å². The van der Waals surface area contributed by atoms with E-state index in [1.54, 1.807) is 17.0 Å². The lowest BCUT2D eigenvalue weighted by atomic mass is 10.1. The molecule has 0 saturated carbocycles. The van der Waals surface area contributed by atoms with Crippen molar-refractivity contribution in [1.82, 2.24) is 4.90 Å². The van der Waals surface area contributed by atoms with Gasteiger partial charge in [0.1, 0.15) is 5.71 Å². The SMILES string of the molecule is C#CCN(Cc1ccc(C)cc1)C(=O)C1=NN(c2ccccc2)C(=O)CC1. The zero-order valence-electron chi connectivity index (χ0n) is 15.3. The molecular formula is C22H21N3O2. The van der Waals surface area contributed by atoms with Crippen LogP contribution < -0.4 is 5.01 Å². The molecule has 0 aliphatic carbocycles. The van der Waals surface area contributed by atoms with Crippen LogP contribution in [0, 0.1) is 19.3 Å². The highest BCUT2D eigenvalue weighted by atomic mass is 16.2. The second kappa shape index (κ2) is 8.33. The Kier molecular flexibility index (Phi) is 5.68. The number of anilines is 1. The minimum absolute atomic E-state index is 0.125. The molecule has 0 aromatic heterocycles. The lowest BCUT2D eigenvalue weighted by molar-refractivity contribution is -0.124. The molecule has 0 N–H and O–H groups in total. The van der Waals surface area contributed by atoms with Gasteiger partial charge in [-0.3, -0.25) is 9.59 Å². The maximum absolute atomic E-state index is 13.0. The summed E-state index contributed by atoms with van der Waals surface area (Å²) < 4.78 is 0. The molecule has 0 fully saturated rings. The van der Waals surface area contributed by atoms with E-state index in [1.807, 2.05) is 49.4 Å². The highest BCUT2D eigenvalue weighted by Crippen LogP contribution is 2.20. The molecule has 1 aliphatic rings. The van der Waals surface area contributed by atoms with Crippen LogP contribution in [0.1, 0.15) is 24.0 Å². The molecule has 2 aromatic carbocycles. The Morgan fingerprint density at radius 3 is 2.52 bits per heavy atom. The van der Waals surface area contributed by atoms with E-state index in [0.717, 1.165) is 11.1 Å². The van der Waals surface area contributed by atoms with Gasteiger partial charge in [0.15, 0.2) is 0 Å². The molecule has 0 radical (unpaired) electrons. The van der Waals surface area contributed by atoms with Crippen LogP contribution in [0.5, 0.6) is 0 Å². The summed E-state index contributed by atoms with van der Waals surface area (Å²) in [5.41, 5.74) is 3.15. The monoisotopic (exact) mass is 359 g/mol. The van der Waals surface area contributed by atoms with Gasteiger partial charge in [-0.1, -0.05) is 53.9 Å². The van der Waals surface area contributed by atoms with Gasteiger partial charge in [0, 0.05) is 19.4 Å². The van der Waals surface area contributed by atoms with E-state index in [2.05, 4.69) is 11.0 Å². The number of hydrazone groups is 1. The van der Waals surface area contributed by atoms with E-state index in [0.29, 0.717) is 24.4 Å². The molecule has 136 valence electrons. The zero-order valence-corrected chi connectivity index (χ0v) is 15.3. The van der Waals surface area contributed by atoms with Crippen LogP contribution in [0.3, 0.4) is 0 Å². The minimum atomic E-state index is -0.234. The molecule has 2 aromatic rings. The van der Waals surface area contributed by atoms with Crippen molar-refractivity contribution in [1.29, 1.82) is 0 Å². The number of rotatable bonds is 5. The fourth-order valence-electron chi connectivity index (χ4n) is 2.88. The number of carbonyl (C=O) groups is 2. The zero-order chi connectivity index (χ0) is 19.2. The largest absolute Gasteiger partial charge is 0.322 e. The van der Waals surface area contributed by atoms with Crippen LogP contribution in [0.15, 0.2) is 59.7 Å². The summed E-state index contributed by atoms with van der Waals surface area (Å²) >= 11 is 0. The van der Waals surface area contributed by atoms with Gasteiger partial charge < -0.3 is 4.90 Å². The first-order valence-corrected chi connectivity index (χ1v) is 8.82. The van der Waals surface area contributed by atoms with Crippen molar-refractivity contribution in [2.75, 3.05) is 11.6 Å². The smallest absolute Gasteiger partial charge is 0.271 e. The van der Waals surface area contributed by atoms with Gasteiger partial charge in [0.2, 0.25) is 5.91 Å². The van der Waals surface area contributed by atoms with Crippen LogP contribution in [0.2, 0.25) is 0 Å². The summed E-state index contributed by atoms with van der Waals surface area (Å²) in [5, 5.41) is 5.63. The first-order valence-electron chi connectivity index (χ1n) is 8.82. The van der Waals surface area contributed by atoms with Crippen molar-refractivity contribution in [3.63, 3.8) is 0 Å². The average Bonchev–Trinajstić information content (AvgIpc) is 2.70. The summed E-state index contributed by atoms with van der Waals surface area (Å²) in [6.07, 6.45) is 6.03. The van der Waals surface area contributed by atoms with Crippen molar-refractivity contribution < 1.29 is 9.59 Å². The lowest BCUT2D eigenvalue weighted by Crippen LogP contribution is -2.41. The maximum Gasteiger partial charge on any atom is 0.271 e. The number of benzene rings is 2. The Bertz CT molecular complexity index is 895. The summed E-state index contributed by atoms with van der Waals surface area (Å²) in [6, 6.07) is 17.1. The second-order valence-electron chi connectivity index (χ2n) is 6.44. The van der Waals surface area contributed by atoms with Gasteiger partial charge in [-0.25, -0.2) is 5.01 Å². The predicted molar refractivity (Wildman–Crippen MR) is 106 cm³/mol. The Hall–Kier alpha value is -3.39. The number of aryl methyl sites for hydroxylation is 1. The number of nitrogens with zero attached hydrogens (tertiary/aromatic N) is 3. The van der Waals surface area contributed by atoms with Crippen LogP contribution >= 0.6 is 0 Å². The minimum Gasteiger partial charge on any atom is -0.322 e. The molecule has 0 unspecified atom stereocenters. The highest BCUT2D eigenvalue weighted by molar-refractivity contribution is 6.40. The average molecular weight is 359 g/mol. The number of para-hydroxylation sites is 1. The lowest BCUT2D eigenvalue weighted by Gasteiger charge is -2.26. The maximum atomic E-state index is 13.0. The normalized spacial score (nSPS) is 13.7. The van der Waals surface area contributed by atoms with Gasteiger partial charge in [0.25, 0.3) is 5.91 Å². The van der Waals surface area contributed by atoms with Gasteiger partial charge in [-0.2, -0.15) is 5.10 Å². The number of hydrogen-bond donors (Lipinski definition) is 0. The van der Waals surface area contributed by atoms with Crippen LogP contribution in [-0.4, -0.2) is 29.0 Å². The number of hydrogen-bond acceptors (Lipinski definition) is 3. The molecule has 0 bridgehead atoms. The summed E-state index contributed by atoms with van der Waals surface area (Å²) in [7, 11) is 0. The summed E-state index contributed by atoms with van der Waals surface area (Å²) in [6.45, 7) is 2.60. The molecule has 1 aliphatic heterocycles. The van der Waals surface area contributed by atoms with Gasteiger partial charge >= 0.3 is 0 Å². The summed E-state index contributed by atoms with van der Waals surface area (Å²) in [4.78, 5) is 26.8. The summed E-state index contributed by atoms with van der Waals surface area (Å²) in [5.74, 6) is 2.18. The Morgan fingerprint density at radius 1 is 1.15 bits per heavy atom. The van der Waals surface area contributed by atoms with E-state index in [-0.39, 0.29) is 24.8 Å². The molecule has 27 heavy (non-hydrogen) atoms. The van der Waals surface area contributed by atoms with Crippen LogP contribution in [-0.2, 0) is 16.1 Å². The van der Waals surface area contributed by atoms with Gasteiger partial charge in [0.05, 0.1) is 12.2 Å². The van der Waals surface area contributed by atoms with Gasteiger partial charge in [-0.15, -0.1) is 6.42 Å². The van der Waals surface area contributed by atoms with E-state index in [4.69, 9.17) is 6.42 Å². The number of carbonyl (C=O) groups excluding carboxylic acids is 2. The van der Waals surface area contributed by atoms with Crippen molar-refractivity contribution >= 4 is 23.2 Å². The quantitative estimate of drug-likeness (QED) is 0.770. The molecule has 1 heterocycles. The fourth-order valence-corrected chi connectivity index (χ4v) is 2.88. The number of terminal acetylenes is 1. The van der Waals surface area contributed by atoms with E-state index < -0.39 is 0 Å². The van der Waals surface area contributed by atoms with E-state index in [9.17, 15) is 9.59 Å². The third kappa shape index (κ3) is 4.42. The topological polar surface area (TPSA) is 53.0 Å². The molecule has 0 saturated heterocycles. The number of amides is 2. The second-order valence-corrected chi connectivity index (χ2v) is 6.44. The first-order chi connectivity index (χ1) is 13.1. The fraction of sp³-hybridized carbons (Fsp3) is 0.227. The Balaban J connectivity index is 1.83. The third-order valence-electron chi connectivity index (χ3n) is 4.34. The highest BCUT2D eigenvalue weighted by Gasteiger charge is 2.28. The molecule has 5 heteroatoms. The predicted octanol–water partition coefficient (Wildman–Crippen LogP) is 3.14. The van der Waals surface area contributed by atoms with Crippen molar-refractivity contribution in [3.05, 3.63) is 65.7 Å². The van der Waals surface area contributed by atoms with Gasteiger partial charge in [-0.05, 0) is 24.6 Å². The van der Waals surface area contributed by atoms with Crippen molar-refractivity contribution in [3.8, 4) is 12.3 Å². The van der Waals surface area contributed by atoms with Crippen molar-refractivity contribution in [2.45, 2.75) is 26.3 Å². The molecule has 0 atom stereocenters. The Morgan fingerprint density at radius 2 is 1.85 bits per heavy atom. The molecule has 2 amide bonds. The first kappa shape index (κ1) is 18.4. The Labute approximate surface area is 159 Å². The molecule has 3 rings (SSSR count). The molecule has 0 spiro atoms. The van der Waals surface area contributed by atoms with E-state index >= 15 is 0 Å². The van der Waals surface area contributed by atoms with Crippen molar-refractivity contribution in [2.24, 2.45) is 5.10 Å². The molecule has 5 nitrogen and oxygen atoms in total. The van der Waals surface area contributed by atoms with Crippen LogP contribution in [0.4, 0.5) is 5.69 Å². The standard InChI is InChI=1S/C22H21N3O2/c1-3-15-24(16-18-11-9-17(2)10-12-18)22(27)20-13-14-21(26)25(23-20)19-7-5-4-6-8-19/h1,4-12H,13-16H2,2H3. The third-order valence-corrected chi connectivity index (χ3v) is 4.34. The molecular weight excluding hydrogens is 338 g/mol. The van der Waals surface area contributed by atoms with Crippen LogP contribution in [0.25, 0.3) is 0 Å².